The molecule has 3 heterocycles. The molecular formula is C26H23FN6O3. The lowest BCUT2D eigenvalue weighted by Gasteiger charge is -2.11. The zero-order valence-corrected chi connectivity index (χ0v) is 19.5. The number of halogens is 1. The van der Waals surface area contributed by atoms with Crippen molar-refractivity contribution in [2.45, 2.75) is 31.8 Å². The monoisotopic (exact) mass is 486 g/mol. The summed E-state index contributed by atoms with van der Waals surface area (Å²) in [4.78, 5) is 24.9. The summed E-state index contributed by atoms with van der Waals surface area (Å²) in [6.07, 6.45) is 10.3. The van der Waals surface area contributed by atoms with Gasteiger partial charge in [-0.05, 0) is 49.4 Å². The van der Waals surface area contributed by atoms with Gasteiger partial charge in [-0.2, -0.15) is 10.1 Å². The Balaban J connectivity index is 1.22. The van der Waals surface area contributed by atoms with E-state index in [0.29, 0.717) is 34.4 Å². The van der Waals surface area contributed by atoms with Gasteiger partial charge in [0.05, 0.1) is 30.1 Å². The minimum Gasteiger partial charge on any atom is -0.473 e. The van der Waals surface area contributed by atoms with Crippen LogP contribution in [0.25, 0.3) is 22.4 Å². The van der Waals surface area contributed by atoms with Gasteiger partial charge >= 0.3 is 5.97 Å². The van der Waals surface area contributed by atoms with E-state index < -0.39 is 5.82 Å². The van der Waals surface area contributed by atoms with Crippen LogP contribution in [0.15, 0.2) is 55.1 Å². The van der Waals surface area contributed by atoms with Crippen LogP contribution in [0.1, 0.15) is 25.7 Å². The molecule has 1 aromatic carbocycles. The van der Waals surface area contributed by atoms with Crippen molar-refractivity contribution in [3.8, 4) is 34.0 Å². The summed E-state index contributed by atoms with van der Waals surface area (Å²) in [6, 6.07) is 8.38. The largest absolute Gasteiger partial charge is 0.473 e. The molecule has 0 spiro atoms. The molecule has 0 saturated heterocycles. The first kappa shape index (κ1) is 22.1. The highest BCUT2D eigenvalue weighted by atomic mass is 19.1. The van der Waals surface area contributed by atoms with E-state index in [4.69, 9.17) is 9.47 Å². The number of carbonyl (C=O) groups is 1. The van der Waals surface area contributed by atoms with Crippen molar-refractivity contribution in [3.63, 3.8) is 0 Å². The molecule has 0 radical (unpaired) electrons. The van der Waals surface area contributed by atoms with Crippen LogP contribution in [0.2, 0.25) is 0 Å². The number of anilines is 2. The fourth-order valence-electron chi connectivity index (χ4n) is 3.73. The smallest absolute Gasteiger partial charge is 0.314 e. The average molecular weight is 487 g/mol. The van der Waals surface area contributed by atoms with Gasteiger partial charge in [0.1, 0.15) is 29.2 Å². The molecule has 2 aliphatic rings. The molecular weight excluding hydrogens is 463 g/mol. The Hall–Kier alpha value is -4.34. The summed E-state index contributed by atoms with van der Waals surface area (Å²) in [6.45, 7) is 0. The van der Waals surface area contributed by atoms with Gasteiger partial charge in [0.15, 0.2) is 5.82 Å². The first-order valence-electron chi connectivity index (χ1n) is 11.8. The number of esters is 1. The third kappa shape index (κ3) is 4.74. The van der Waals surface area contributed by atoms with E-state index in [-0.39, 0.29) is 23.7 Å². The van der Waals surface area contributed by atoms with Gasteiger partial charge in [-0.3, -0.25) is 19.4 Å². The number of hydrogen-bond donors (Lipinski definition) is 1. The van der Waals surface area contributed by atoms with Crippen LogP contribution in [0.3, 0.4) is 0 Å². The SMILES string of the molecule is Cn1ncc(-c2ncc(-c3ccc(OC(=O)C4CC4)cc3)cc2F)c1Nc1cncc(OC2CC2)n1. The minimum atomic E-state index is -0.496. The summed E-state index contributed by atoms with van der Waals surface area (Å²) in [5.74, 6) is 1.22. The third-order valence-corrected chi connectivity index (χ3v) is 6.02. The van der Waals surface area contributed by atoms with E-state index in [1.807, 2.05) is 0 Å². The number of nitrogens with one attached hydrogen (secondary N) is 1. The maximum atomic E-state index is 15.3. The normalized spacial score (nSPS) is 14.9. The Bertz CT molecular complexity index is 1430. The molecule has 6 rings (SSSR count). The molecule has 182 valence electrons. The van der Waals surface area contributed by atoms with Gasteiger partial charge in [-0.1, -0.05) is 12.1 Å². The van der Waals surface area contributed by atoms with Crippen molar-refractivity contribution < 1.29 is 18.7 Å². The molecule has 36 heavy (non-hydrogen) atoms. The Morgan fingerprint density at radius 2 is 1.86 bits per heavy atom. The first-order valence-corrected chi connectivity index (χ1v) is 11.8. The van der Waals surface area contributed by atoms with Crippen molar-refractivity contribution in [2.24, 2.45) is 13.0 Å². The highest BCUT2D eigenvalue weighted by molar-refractivity contribution is 5.78. The maximum absolute atomic E-state index is 15.3. The van der Waals surface area contributed by atoms with Crippen LogP contribution in [0.5, 0.6) is 11.6 Å². The number of aromatic nitrogens is 5. The topological polar surface area (TPSA) is 104 Å². The average Bonchev–Trinajstić information content (AvgIpc) is 3.80. The zero-order valence-electron chi connectivity index (χ0n) is 19.5. The molecule has 0 unspecified atom stereocenters. The van der Waals surface area contributed by atoms with E-state index in [1.54, 1.807) is 60.8 Å². The van der Waals surface area contributed by atoms with E-state index in [9.17, 15) is 4.79 Å². The van der Waals surface area contributed by atoms with E-state index in [2.05, 4.69) is 25.4 Å². The fraction of sp³-hybridized carbons (Fsp3) is 0.269. The zero-order chi connectivity index (χ0) is 24.6. The molecule has 2 saturated carbocycles. The maximum Gasteiger partial charge on any atom is 0.314 e. The molecule has 3 aromatic heterocycles. The standard InChI is InChI=1S/C26H23FN6O3/c1-33-25(32-22-13-28-14-23(31-22)35-18-8-9-18)20(12-30-33)24-21(27)10-17(11-29-24)15-4-6-19(7-5-15)36-26(34)16-2-3-16/h4-7,10-14,16,18H,2-3,8-9H2,1H3,(H,31,32). The summed E-state index contributed by atoms with van der Waals surface area (Å²) in [7, 11) is 1.74. The van der Waals surface area contributed by atoms with Crippen LogP contribution < -0.4 is 14.8 Å². The van der Waals surface area contributed by atoms with Gasteiger partial charge in [0.2, 0.25) is 5.88 Å². The lowest BCUT2D eigenvalue weighted by Crippen LogP contribution is -2.09. The van der Waals surface area contributed by atoms with Crippen molar-refractivity contribution in [3.05, 3.63) is 60.9 Å². The fourth-order valence-corrected chi connectivity index (χ4v) is 3.73. The first-order chi connectivity index (χ1) is 17.5. The van der Waals surface area contributed by atoms with Gasteiger partial charge < -0.3 is 14.8 Å². The van der Waals surface area contributed by atoms with E-state index in [0.717, 1.165) is 31.2 Å². The van der Waals surface area contributed by atoms with Crippen LogP contribution >= 0.6 is 0 Å². The molecule has 1 N–H and O–H groups in total. The number of hydrogen-bond acceptors (Lipinski definition) is 8. The van der Waals surface area contributed by atoms with Crippen molar-refractivity contribution in [1.29, 1.82) is 0 Å². The van der Waals surface area contributed by atoms with Crippen molar-refractivity contribution >= 4 is 17.6 Å². The Morgan fingerprint density at radius 3 is 2.58 bits per heavy atom. The molecule has 2 fully saturated rings. The number of nitrogens with zero attached hydrogens (tertiary/aromatic N) is 5. The van der Waals surface area contributed by atoms with E-state index in [1.165, 1.54) is 6.07 Å². The Morgan fingerprint density at radius 1 is 1.06 bits per heavy atom. The summed E-state index contributed by atoms with van der Waals surface area (Å²) >= 11 is 0. The van der Waals surface area contributed by atoms with Crippen molar-refractivity contribution in [2.75, 3.05) is 5.32 Å². The number of rotatable bonds is 8. The second kappa shape index (κ2) is 9.03. The quantitative estimate of drug-likeness (QED) is 0.283. The molecule has 0 atom stereocenters. The lowest BCUT2D eigenvalue weighted by atomic mass is 10.1. The second-order valence-corrected chi connectivity index (χ2v) is 8.99. The van der Waals surface area contributed by atoms with E-state index >= 15 is 4.39 Å². The van der Waals surface area contributed by atoms with Gasteiger partial charge in [0, 0.05) is 18.8 Å². The van der Waals surface area contributed by atoms with Crippen LogP contribution in [0.4, 0.5) is 16.0 Å². The highest BCUT2D eigenvalue weighted by Crippen LogP contribution is 2.34. The molecule has 9 nitrogen and oxygen atoms in total. The molecule has 0 amide bonds. The van der Waals surface area contributed by atoms with Gasteiger partial charge in [0.25, 0.3) is 0 Å². The number of benzene rings is 1. The predicted octanol–water partition coefficient (Wildman–Crippen LogP) is 4.68. The number of pyridine rings is 1. The van der Waals surface area contributed by atoms with Crippen LogP contribution in [0, 0.1) is 11.7 Å². The molecule has 4 aromatic rings. The second-order valence-electron chi connectivity index (χ2n) is 8.99. The Kier molecular flexibility index (Phi) is 5.55. The number of aryl methyl sites for hydroxylation is 1. The molecule has 0 aliphatic heterocycles. The van der Waals surface area contributed by atoms with Gasteiger partial charge in [-0.25, -0.2) is 4.39 Å². The predicted molar refractivity (Wildman–Crippen MR) is 129 cm³/mol. The number of carbonyl (C=O) groups excluding carboxylic acids is 1. The van der Waals surface area contributed by atoms with Crippen LogP contribution in [-0.4, -0.2) is 36.8 Å². The number of ether oxygens (including phenoxy) is 2. The lowest BCUT2D eigenvalue weighted by molar-refractivity contribution is -0.135. The third-order valence-electron chi connectivity index (χ3n) is 6.02. The molecule has 0 bridgehead atoms. The van der Waals surface area contributed by atoms with Gasteiger partial charge in [-0.15, -0.1) is 0 Å². The molecule has 10 heteroatoms. The van der Waals surface area contributed by atoms with Crippen molar-refractivity contribution in [1.82, 2.24) is 24.7 Å². The summed E-state index contributed by atoms with van der Waals surface area (Å²) in [5.41, 5.74) is 2.00. The minimum absolute atomic E-state index is 0.0226. The highest BCUT2D eigenvalue weighted by Gasteiger charge is 2.31. The Labute approximate surface area is 206 Å². The summed E-state index contributed by atoms with van der Waals surface area (Å²) < 4.78 is 27.9. The summed E-state index contributed by atoms with van der Waals surface area (Å²) in [5, 5.41) is 7.43. The van der Waals surface area contributed by atoms with Crippen LogP contribution in [-0.2, 0) is 11.8 Å². The molecule has 2 aliphatic carbocycles.